The quantitative estimate of drug-likeness (QED) is 0.626. The molecule has 0 fully saturated rings. The van der Waals surface area contributed by atoms with Crippen molar-refractivity contribution in [2.45, 2.75) is 26.9 Å². The Morgan fingerprint density at radius 1 is 1.17 bits per heavy atom. The standard InChI is InChI=1S/C8H8FN.C2H6/c9-8-2-1-6-4-10-5-7(6)3-8;1-2/h1-3,10H,4-5H2;1-2H3. The average Bonchev–Trinajstić information content (AvgIpc) is 2.54. The largest absolute Gasteiger partial charge is 0.309 e. The van der Waals surface area contributed by atoms with Crippen LogP contribution in [0.1, 0.15) is 25.0 Å². The predicted octanol–water partition coefficient (Wildman–Crippen LogP) is 2.46. The molecule has 2 rings (SSSR count). The molecule has 0 spiro atoms. The molecule has 1 aliphatic heterocycles. The number of halogens is 1. The SMILES string of the molecule is CC.Fc1ccc2c(c1)CNC2. The Labute approximate surface area is 72.6 Å². The minimum absolute atomic E-state index is 0.137. The summed E-state index contributed by atoms with van der Waals surface area (Å²) in [5, 5.41) is 3.15. The van der Waals surface area contributed by atoms with Crippen molar-refractivity contribution in [2.75, 3.05) is 0 Å². The number of rotatable bonds is 0. The van der Waals surface area contributed by atoms with Crippen LogP contribution in [0.15, 0.2) is 18.2 Å². The average molecular weight is 167 g/mol. The molecule has 2 heteroatoms. The fourth-order valence-corrected chi connectivity index (χ4v) is 1.26. The molecule has 1 nitrogen and oxygen atoms in total. The van der Waals surface area contributed by atoms with Crippen LogP contribution in [0, 0.1) is 5.82 Å². The second-order valence-electron chi connectivity index (χ2n) is 2.52. The molecule has 0 aromatic heterocycles. The van der Waals surface area contributed by atoms with Crippen LogP contribution in [-0.4, -0.2) is 0 Å². The zero-order valence-corrected chi connectivity index (χ0v) is 7.52. The monoisotopic (exact) mass is 167 g/mol. The molecule has 0 amide bonds. The van der Waals surface area contributed by atoms with Gasteiger partial charge in [-0.15, -0.1) is 0 Å². The first kappa shape index (κ1) is 9.20. The second kappa shape index (κ2) is 4.21. The van der Waals surface area contributed by atoms with Gasteiger partial charge in [-0.3, -0.25) is 0 Å². The van der Waals surface area contributed by atoms with Crippen LogP contribution in [0.3, 0.4) is 0 Å². The molecule has 0 saturated heterocycles. The highest BCUT2D eigenvalue weighted by Crippen LogP contribution is 2.15. The summed E-state index contributed by atoms with van der Waals surface area (Å²) in [7, 11) is 0. The van der Waals surface area contributed by atoms with E-state index in [-0.39, 0.29) is 5.82 Å². The maximum absolute atomic E-state index is 12.5. The maximum Gasteiger partial charge on any atom is 0.123 e. The highest BCUT2D eigenvalue weighted by atomic mass is 19.1. The van der Waals surface area contributed by atoms with Crippen LogP contribution in [0.2, 0.25) is 0 Å². The first-order valence-corrected chi connectivity index (χ1v) is 4.34. The lowest BCUT2D eigenvalue weighted by Crippen LogP contribution is -1.99. The maximum atomic E-state index is 12.5. The Morgan fingerprint density at radius 3 is 2.58 bits per heavy atom. The summed E-state index contributed by atoms with van der Waals surface area (Å²) in [6, 6.07) is 4.94. The van der Waals surface area contributed by atoms with Gasteiger partial charge in [-0.25, -0.2) is 4.39 Å². The van der Waals surface area contributed by atoms with Gasteiger partial charge >= 0.3 is 0 Å². The van der Waals surface area contributed by atoms with Gasteiger partial charge in [-0.05, 0) is 23.3 Å². The number of benzene rings is 1. The smallest absolute Gasteiger partial charge is 0.123 e. The molecular weight excluding hydrogens is 153 g/mol. The molecule has 1 N–H and O–H groups in total. The minimum atomic E-state index is -0.137. The Morgan fingerprint density at radius 2 is 1.83 bits per heavy atom. The molecule has 0 atom stereocenters. The zero-order chi connectivity index (χ0) is 8.97. The Bertz CT molecular complexity index is 258. The summed E-state index contributed by atoms with van der Waals surface area (Å²) in [6.45, 7) is 5.70. The van der Waals surface area contributed by atoms with Crippen molar-refractivity contribution < 1.29 is 4.39 Å². The molecule has 1 aliphatic rings. The lowest BCUT2D eigenvalue weighted by molar-refractivity contribution is 0.625. The van der Waals surface area contributed by atoms with E-state index in [0.29, 0.717) is 0 Å². The van der Waals surface area contributed by atoms with E-state index in [1.165, 1.54) is 11.6 Å². The van der Waals surface area contributed by atoms with Crippen molar-refractivity contribution in [3.8, 4) is 0 Å². The summed E-state index contributed by atoms with van der Waals surface area (Å²) < 4.78 is 12.5. The van der Waals surface area contributed by atoms with Crippen molar-refractivity contribution in [2.24, 2.45) is 0 Å². The Hall–Kier alpha value is -0.890. The van der Waals surface area contributed by atoms with Crippen molar-refractivity contribution in [1.29, 1.82) is 0 Å². The van der Waals surface area contributed by atoms with Gasteiger partial charge in [0.05, 0.1) is 0 Å². The number of fused-ring (bicyclic) bond motifs is 1. The highest BCUT2D eigenvalue weighted by molar-refractivity contribution is 5.30. The van der Waals surface area contributed by atoms with E-state index < -0.39 is 0 Å². The molecule has 1 aromatic carbocycles. The molecule has 1 heterocycles. The summed E-state index contributed by atoms with van der Waals surface area (Å²) in [4.78, 5) is 0. The first-order chi connectivity index (χ1) is 5.86. The summed E-state index contributed by atoms with van der Waals surface area (Å²) in [5.74, 6) is -0.137. The number of hydrogen-bond donors (Lipinski definition) is 1. The zero-order valence-electron chi connectivity index (χ0n) is 7.52. The molecule has 12 heavy (non-hydrogen) atoms. The molecule has 0 radical (unpaired) electrons. The van der Waals surface area contributed by atoms with Gasteiger partial charge in [-0.2, -0.15) is 0 Å². The van der Waals surface area contributed by atoms with E-state index in [4.69, 9.17) is 0 Å². The molecule has 0 unspecified atom stereocenters. The van der Waals surface area contributed by atoms with E-state index in [1.54, 1.807) is 6.07 Å². The molecule has 0 saturated carbocycles. The molecule has 1 aromatic rings. The lowest BCUT2D eigenvalue weighted by Gasteiger charge is -1.94. The normalized spacial score (nSPS) is 13.2. The molecule has 0 aliphatic carbocycles. The van der Waals surface area contributed by atoms with Crippen molar-refractivity contribution in [3.63, 3.8) is 0 Å². The first-order valence-electron chi connectivity index (χ1n) is 4.34. The van der Waals surface area contributed by atoms with Gasteiger partial charge in [0.2, 0.25) is 0 Å². The molecule has 0 bridgehead atoms. The van der Waals surface area contributed by atoms with Gasteiger partial charge < -0.3 is 5.32 Å². The van der Waals surface area contributed by atoms with Crippen LogP contribution >= 0.6 is 0 Å². The van der Waals surface area contributed by atoms with Crippen LogP contribution in [-0.2, 0) is 13.1 Å². The third-order valence-electron chi connectivity index (χ3n) is 1.80. The van der Waals surface area contributed by atoms with Gasteiger partial charge in [0.1, 0.15) is 5.82 Å². The van der Waals surface area contributed by atoms with Crippen molar-refractivity contribution in [1.82, 2.24) is 5.32 Å². The second-order valence-corrected chi connectivity index (χ2v) is 2.52. The summed E-state index contributed by atoms with van der Waals surface area (Å²) >= 11 is 0. The minimum Gasteiger partial charge on any atom is -0.309 e. The van der Waals surface area contributed by atoms with Gasteiger partial charge in [-0.1, -0.05) is 19.9 Å². The number of nitrogens with one attached hydrogen (secondary N) is 1. The highest BCUT2D eigenvalue weighted by Gasteiger charge is 2.08. The Balaban J connectivity index is 0.000000336. The fourth-order valence-electron chi connectivity index (χ4n) is 1.26. The van der Waals surface area contributed by atoms with E-state index >= 15 is 0 Å². The lowest BCUT2D eigenvalue weighted by atomic mass is 10.1. The van der Waals surface area contributed by atoms with Crippen LogP contribution < -0.4 is 5.32 Å². The summed E-state index contributed by atoms with van der Waals surface area (Å²) in [6.07, 6.45) is 0. The van der Waals surface area contributed by atoms with Crippen LogP contribution in [0.4, 0.5) is 4.39 Å². The van der Waals surface area contributed by atoms with Gasteiger partial charge in [0, 0.05) is 13.1 Å². The van der Waals surface area contributed by atoms with Gasteiger partial charge in [0.15, 0.2) is 0 Å². The van der Waals surface area contributed by atoms with E-state index in [2.05, 4.69) is 5.32 Å². The third-order valence-corrected chi connectivity index (χ3v) is 1.80. The van der Waals surface area contributed by atoms with Crippen molar-refractivity contribution >= 4 is 0 Å². The number of hydrogen-bond acceptors (Lipinski definition) is 1. The topological polar surface area (TPSA) is 12.0 Å². The third kappa shape index (κ3) is 1.83. The Kier molecular flexibility index (Phi) is 3.23. The summed E-state index contributed by atoms with van der Waals surface area (Å²) in [5.41, 5.74) is 2.32. The van der Waals surface area contributed by atoms with E-state index in [0.717, 1.165) is 18.7 Å². The van der Waals surface area contributed by atoms with E-state index in [1.807, 2.05) is 19.9 Å². The predicted molar refractivity (Wildman–Crippen MR) is 48.3 cm³/mol. The molecule has 66 valence electrons. The fraction of sp³-hybridized carbons (Fsp3) is 0.400. The van der Waals surface area contributed by atoms with Gasteiger partial charge in [0.25, 0.3) is 0 Å². The van der Waals surface area contributed by atoms with Crippen LogP contribution in [0.25, 0.3) is 0 Å². The van der Waals surface area contributed by atoms with Crippen molar-refractivity contribution in [3.05, 3.63) is 35.1 Å². The van der Waals surface area contributed by atoms with E-state index in [9.17, 15) is 4.39 Å². The molecular formula is C10H14FN. The van der Waals surface area contributed by atoms with Crippen LogP contribution in [0.5, 0.6) is 0 Å².